The molecule has 0 bridgehead atoms. The highest BCUT2D eigenvalue weighted by atomic mass is 79.9. The first-order valence-corrected chi connectivity index (χ1v) is 9.77. The number of rotatable bonds is 6. The van der Waals surface area contributed by atoms with Gasteiger partial charge in [-0.2, -0.15) is 0 Å². The molecule has 1 aromatic heterocycles. The van der Waals surface area contributed by atoms with Gasteiger partial charge in [-0.15, -0.1) is 0 Å². The molecule has 28 heavy (non-hydrogen) atoms. The van der Waals surface area contributed by atoms with Crippen LogP contribution in [0.4, 0.5) is 14.6 Å². The van der Waals surface area contributed by atoms with E-state index in [0.29, 0.717) is 40.1 Å². The Balaban J connectivity index is 2.23. The molecule has 6 nitrogen and oxygen atoms in total. The molecule has 1 saturated heterocycles. The maximum atomic E-state index is 13.7. The van der Waals surface area contributed by atoms with E-state index in [9.17, 15) is 18.4 Å². The van der Waals surface area contributed by atoms with Crippen LogP contribution in [-0.4, -0.2) is 43.0 Å². The molecule has 1 fully saturated rings. The normalized spacial score (nSPS) is 16.2. The average Bonchev–Trinajstić information content (AvgIpc) is 2.82. The van der Waals surface area contributed by atoms with Crippen molar-refractivity contribution in [1.29, 1.82) is 0 Å². The number of carbonyl (C=O) groups is 2. The van der Waals surface area contributed by atoms with Gasteiger partial charge in [0.25, 0.3) is 5.91 Å². The molecular weight excluding hydrogens is 436 g/mol. The third kappa shape index (κ3) is 5.73. The van der Waals surface area contributed by atoms with Crippen molar-refractivity contribution in [3.05, 3.63) is 34.1 Å². The summed E-state index contributed by atoms with van der Waals surface area (Å²) in [6, 6.07) is 0. The summed E-state index contributed by atoms with van der Waals surface area (Å²) in [5.41, 5.74) is 1.32. The van der Waals surface area contributed by atoms with Crippen molar-refractivity contribution in [2.75, 3.05) is 25.1 Å². The van der Waals surface area contributed by atoms with Crippen molar-refractivity contribution in [1.82, 2.24) is 10.3 Å². The molecule has 0 spiro atoms. The van der Waals surface area contributed by atoms with Gasteiger partial charge in [-0.1, -0.05) is 6.58 Å². The van der Waals surface area contributed by atoms with Gasteiger partial charge in [-0.05, 0) is 41.3 Å². The van der Waals surface area contributed by atoms with Crippen molar-refractivity contribution in [2.45, 2.75) is 45.0 Å². The smallest absolute Gasteiger partial charge is 0.305 e. The topological polar surface area (TPSA) is 71.5 Å². The van der Waals surface area contributed by atoms with Gasteiger partial charge in [0.2, 0.25) is 5.92 Å². The quantitative estimate of drug-likeness (QED) is 0.651. The monoisotopic (exact) mass is 459 g/mol. The molecule has 0 aliphatic carbocycles. The number of halogens is 3. The fourth-order valence-corrected chi connectivity index (χ4v) is 3.29. The van der Waals surface area contributed by atoms with Crippen LogP contribution in [-0.2, 0) is 9.53 Å². The number of anilines is 1. The summed E-state index contributed by atoms with van der Waals surface area (Å²) >= 11 is 3.37. The number of esters is 1. The Morgan fingerprint density at radius 1 is 1.36 bits per heavy atom. The van der Waals surface area contributed by atoms with E-state index in [2.05, 4.69) is 37.5 Å². The summed E-state index contributed by atoms with van der Waals surface area (Å²) in [6.45, 7) is 6.04. The number of methoxy groups -OCH3 is 1. The molecule has 1 aliphatic heterocycles. The number of amides is 1. The fourth-order valence-electron chi connectivity index (χ4n) is 2.99. The number of pyridine rings is 1. The van der Waals surface area contributed by atoms with Crippen LogP contribution in [0.5, 0.6) is 0 Å². The maximum absolute atomic E-state index is 13.7. The van der Waals surface area contributed by atoms with Crippen molar-refractivity contribution in [2.24, 2.45) is 0 Å². The van der Waals surface area contributed by atoms with Crippen LogP contribution < -0.4 is 10.2 Å². The lowest BCUT2D eigenvalue weighted by atomic mass is 10.1. The van der Waals surface area contributed by atoms with E-state index < -0.39 is 17.8 Å². The lowest BCUT2D eigenvalue weighted by Gasteiger charge is -2.25. The van der Waals surface area contributed by atoms with Crippen molar-refractivity contribution < 1.29 is 23.1 Å². The molecular formula is C19H24BrF2N3O3. The van der Waals surface area contributed by atoms with E-state index in [0.717, 1.165) is 0 Å². The van der Waals surface area contributed by atoms with E-state index in [1.54, 1.807) is 18.0 Å². The molecule has 2 heterocycles. The van der Waals surface area contributed by atoms with Crippen molar-refractivity contribution in [3.8, 4) is 0 Å². The van der Waals surface area contributed by atoms with Crippen molar-refractivity contribution >= 4 is 33.6 Å². The Morgan fingerprint density at radius 3 is 2.75 bits per heavy atom. The zero-order valence-corrected chi connectivity index (χ0v) is 17.6. The maximum Gasteiger partial charge on any atom is 0.305 e. The highest BCUT2D eigenvalue weighted by Crippen LogP contribution is 2.32. The van der Waals surface area contributed by atoms with E-state index in [1.165, 1.54) is 7.11 Å². The highest BCUT2D eigenvalue weighted by molar-refractivity contribution is 9.10. The predicted molar refractivity (Wildman–Crippen MR) is 106 cm³/mol. The van der Waals surface area contributed by atoms with Gasteiger partial charge in [-0.3, -0.25) is 9.59 Å². The molecule has 0 radical (unpaired) electrons. The molecule has 2 rings (SSSR count). The minimum absolute atomic E-state index is 0.0966. The van der Waals surface area contributed by atoms with Gasteiger partial charge in [-0.25, -0.2) is 13.8 Å². The van der Waals surface area contributed by atoms with Crippen LogP contribution in [0.2, 0.25) is 0 Å². The van der Waals surface area contributed by atoms with Gasteiger partial charge in [0.1, 0.15) is 5.82 Å². The molecule has 0 unspecified atom stereocenters. The number of aromatic nitrogens is 1. The van der Waals surface area contributed by atoms with Gasteiger partial charge in [0.05, 0.1) is 19.1 Å². The molecule has 0 atom stereocenters. The van der Waals surface area contributed by atoms with Crippen LogP contribution in [0.15, 0.2) is 22.9 Å². The highest BCUT2D eigenvalue weighted by Gasteiger charge is 2.33. The summed E-state index contributed by atoms with van der Waals surface area (Å²) < 4.78 is 32.7. The molecule has 0 saturated carbocycles. The Hall–Kier alpha value is -2.03. The zero-order chi connectivity index (χ0) is 20.9. The van der Waals surface area contributed by atoms with Crippen LogP contribution in [0.25, 0.3) is 0 Å². The molecule has 1 N–H and O–H groups in total. The second-order valence-corrected chi connectivity index (χ2v) is 7.61. The number of hydrogen-bond acceptors (Lipinski definition) is 5. The van der Waals surface area contributed by atoms with Gasteiger partial charge in [0.15, 0.2) is 0 Å². The summed E-state index contributed by atoms with van der Waals surface area (Å²) in [4.78, 5) is 30.2. The van der Waals surface area contributed by atoms with E-state index in [1.807, 2.05) is 0 Å². The molecule has 0 aromatic carbocycles. The van der Waals surface area contributed by atoms with Crippen LogP contribution in [0.3, 0.4) is 0 Å². The van der Waals surface area contributed by atoms with E-state index >= 15 is 0 Å². The van der Waals surface area contributed by atoms with Gasteiger partial charge < -0.3 is 15.0 Å². The second-order valence-electron chi connectivity index (χ2n) is 6.76. The summed E-state index contributed by atoms with van der Waals surface area (Å²) in [6.07, 6.45) is 1.76. The number of hydrogen-bond donors (Lipinski definition) is 1. The third-order valence-electron chi connectivity index (χ3n) is 4.65. The fraction of sp³-hybridized carbons (Fsp3) is 0.526. The number of ether oxygens (including phenoxy) is 1. The third-order valence-corrected chi connectivity index (χ3v) is 5.45. The van der Waals surface area contributed by atoms with Crippen molar-refractivity contribution in [3.63, 3.8) is 0 Å². The molecule has 1 aliphatic rings. The number of carbonyl (C=O) groups excluding carboxylic acids is 2. The molecule has 1 amide bonds. The summed E-state index contributed by atoms with van der Waals surface area (Å²) in [5.74, 6) is -3.17. The lowest BCUT2D eigenvalue weighted by molar-refractivity contribution is -0.140. The number of allylic oxidation sites excluding steroid dienone is 1. The number of nitrogens with one attached hydrogen (secondary N) is 1. The van der Waals surface area contributed by atoms with Gasteiger partial charge in [0, 0.05) is 42.3 Å². The molecule has 9 heteroatoms. The van der Waals surface area contributed by atoms with Crippen LogP contribution >= 0.6 is 15.9 Å². The number of nitrogens with zero attached hydrogens (tertiary/aromatic N) is 2. The zero-order valence-electron chi connectivity index (χ0n) is 16.0. The standard InChI is InChI=1S/C19H24BrF2N3O3/c1-12(5-6-15(26)28-3)24-18(27)16-13(2)14(20)11-23-17(16)25-9-4-7-19(21,22)8-10-25/h11H,1,4-10H2,2-3H3,(H,24,27). The Labute approximate surface area is 171 Å². The van der Waals surface area contributed by atoms with E-state index in [-0.39, 0.29) is 32.2 Å². The first-order chi connectivity index (χ1) is 13.1. The lowest BCUT2D eigenvalue weighted by Crippen LogP contribution is -2.31. The van der Waals surface area contributed by atoms with Gasteiger partial charge >= 0.3 is 5.97 Å². The average molecular weight is 460 g/mol. The summed E-state index contributed by atoms with van der Waals surface area (Å²) in [5, 5.41) is 2.68. The Kier molecular flexibility index (Phi) is 7.51. The minimum Gasteiger partial charge on any atom is -0.469 e. The number of alkyl halides is 2. The first-order valence-electron chi connectivity index (χ1n) is 8.98. The largest absolute Gasteiger partial charge is 0.469 e. The summed E-state index contributed by atoms with van der Waals surface area (Å²) in [7, 11) is 1.29. The van der Waals surface area contributed by atoms with Crippen LogP contribution in [0.1, 0.15) is 48.0 Å². The Bertz CT molecular complexity index is 771. The predicted octanol–water partition coefficient (Wildman–Crippen LogP) is 3.97. The molecule has 154 valence electrons. The van der Waals surface area contributed by atoms with E-state index in [4.69, 9.17) is 0 Å². The second kappa shape index (κ2) is 9.45. The van der Waals surface area contributed by atoms with Crippen LogP contribution in [0, 0.1) is 6.92 Å². The first kappa shape index (κ1) is 22.3. The molecule has 1 aromatic rings. The Morgan fingerprint density at radius 2 is 2.07 bits per heavy atom. The SMILES string of the molecule is C=C(CCC(=O)OC)NC(=O)c1c(N2CCCC(F)(F)CC2)ncc(Br)c1C. The minimum atomic E-state index is -2.70.